The molecule has 13 heteroatoms. The maximum Gasteiger partial charge on any atom is 0.410 e. The summed E-state index contributed by atoms with van der Waals surface area (Å²) in [6.45, 7) is 15.0. The van der Waals surface area contributed by atoms with E-state index in [-0.39, 0.29) is 44.6 Å². The minimum absolute atomic E-state index is 0. The van der Waals surface area contributed by atoms with E-state index in [1.54, 1.807) is 9.80 Å². The summed E-state index contributed by atoms with van der Waals surface area (Å²) in [5, 5.41) is 2.78. The van der Waals surface area contributed by atoms with Crippen molar-refractivity contribution in [2.75, 3.05) is 38.6 Å². The number of carbonyl (C=O) groups excluding carboxylic acids is 3. The third-order valence-corrected chi connectivity index (χ3v) is 8.27. The van der Waals surface area contributed by atoms with Gasteiger partial charge in [0.25, 0.3) is 0 Å². The number of nitrogens with two attached hydrogens (primary N) is 2. The summed E-state index contributed by atoms with van der Waals surface area (Å²) in [6, 6.07) is 15.7. The van der Waals surface area contributed by atoms with Crippen LogP contribution in [0.25, 0.3) is 0 Å². The summed E-state index contributed by atoms with van der Waals surface area (Å²) < 4.78 is 27.3. The SMILES string of the molecule is C.CC(=O)Nc1cccc(C2(N)CCN(C(=O)OC(C)(C)C)CC2)c1.CC(C)(C)OC(=O)N1CCC(N)(c2cccc(Br)c2)CC1.S.[2H]CF. The maximum atomic E-state index is 12.2. The third-order valence-electron chi connectivity index (χ3n) is 7.77. The van der Waals surface area contributed by atoms with E-state index in [4.69, 9.17) is 22.3 Å². The fraction of sp³-hybridized carbons (Fsp3) is 0.583. The van der Waals surface area contributed by atoms with E-state index in [0.29, 0.717) is 39.0 Å². The van der Waals surface area contributed by atoms with Gasteiger partial charge in [0, 0.05) is 54.3 Å². The fourth-order valence-corrected chi connectivity index (χ4v) is 5.71. The molecule has 2 aromatic carbocycles. The van der Waals surface area contributed by atoms with E-state index in [0.717, 1.165) is 34.1 Å². The lowest BCUT2D eigenvalue weighted by Gasteiger charge is -2.40. The Labute approximate surface area is 309 Å². The Kier molecular flexibility index (Phi) is 17.6. The molecular weight excluding hydrogens is 713 g/mol. The molecule has 3 amide bonds. The molecule has 2 saturated heterocycles. The average Bonchev–Trinajstić information content (AvgIpc) is 2.97. The lowest BCUT2D eigenvalue weighted by atomic mass is 9.82. The number of nitrogens with zero attached hydrogens (tertiary/aromatic N) is 2. The zero-order valence-corrected chi connectivity index (χ0v) is 31.9. The first-order valence-electron chi connectivity index (χ1n) is 16.4. The minimum atomic E-state index is -1.00. The van der Waals surface area contributed by atoms with Crippen LogP contribution >= 0.6 is 29.4 Å². The van der Waals surface area contributed by atoms with Crippen LogP contribution in [0.4, 0.5) is 19.7 Å². The quantitative estimate of drug-likeness (QED) is 0.289. The van der Waals surface area contributed by atoms with Gasteiger partial charge < -0.3 is 36.1 Å². The number of nitrogens with one attached hydrogen (secondary N) is 1. The van der Waals surface area contributed by atoms with E-state index in [2.05, 4.69) is 27.3 Å². The molecule has 0 spiro atoms. The molecule has 2 aliphatic rings. The minimum Gasteiger partial charge on any atom is -0.444 e. The van der Waals surface area contributed by atoms with Crippen LogP contribution in [-0.2, 0) is 25.3 Å². The highest BCUT2D eigenvalue weighted by Gasteiger charge is 2.36. The second kappa shape index (κ2) is 19.5. The van der Waals surface area contributed by atoms with E-state index in [1.807, 2.05) is 84.0 Å². The first-order chi connectivity index (χ1) is 22.2. The fourth-order valence-electron chi connectivity index (χ4n) is 5.32. The topological polar surface area (TPSA) is 140 Å². The molecule has 2 aliphatic heterocycles. The first-order valence-corrected chi connectivity index (χ1v) is 16.5. The predicted octanol–water partition coefficient (Wildman–Crippen LogP) is 7.80. The van der Waals surface area contributed by atoms with Crippen molar-refractivity contribution in [3.63, 3.8) is 0 Å². The van der Waals surface area contributed by atoms with E-state index in [9.17, 15) is 18.8 Å². The number of alkyl halides is 1. The monoisotopic (exact) mass is 772 g/mol. The first kappa shape index (κ1) is 44.2. The third kappa shape index (κ3) is 14.9. The van der Waals surface area contributed by atoms with Crippen molar-refractivity contribution in [2.24, 2.45) is 11.5 Å². The Morgan fingerprint density at radius 2 is 1.18 bits per heavy atom. The number of benzene rings is 2. The highest BCUT2D eigenvalue weighted by Crippen LogP contribution is 2.33. The summed E-state index contributed by atoms with van der Waals surface area (Å²) in [5.74, 6) is -0.113. The van der Waals surface area contributed by atoms with Crippen LogP contribution in [0, 0.1) is 0 Å². The number of rotatable bonds is 3. The second-order valence-electron chi connectivity index (χ2n) is 14.0. The van der Waals surface area contributed by atoms with Crippen LogP contribution in [0.3, 0.4) is 0 Å². The smallest absolute Gasteiger partial charge is 0.410 e. The van der Waals surface area contributed by atoms with Crippen molar-refractivity contribution in [1.82, 2.24) is 9.80 Å². The molecule has 0 unspecified atom stereocenters. The van der Waals surface area contributed by atoms with Gasteiger partial charge in [-0.3, -0.25) is 9.18 Å². The van der Waals surface area contributed by atoms with Gasteiger partial charge in [-0.05, 0) is 103 Å². The average molecular weight is 774 g/mol. The van der Waals surface area contributed by atoms with Crippen LogP contribution in [-0.4, -0.2) is 72.4 Å². The molecule has 0 radical (unpaired) electrons. The van der Waals surface area contributed by atoms with Gasteiger partial charge in [-0.2, -0.15) is 13.5 Å². The summed E-state index contributed by atoms with van der Waals surface area (Å²) >= 11 is 3.48. The molecular formula is C36H59BrFN5O5S. The Balaban J connectivity index is 0.000000864. The van der Waals surface area contributed by atoms with Gasteiger partial charge >= 0.3 is 12.2 Å². The largest absolute Gasteiger partial charge is 0.444 e. The lowest BCUT2D eigenvalue weighted by molar-refractivity contribution is -0.114. The van der Waals surface area contributed by atoms with Gasteiger partial charge in [0.2, 0.25) is 5.91 Å². The standard InChI is InChI=1S/C18H27N3O3.C16H23BrN2O2.CH3F.CH4.H2S/c1-13(22)20-15-7-5-6-14(12-15)18(19)8-10-21(11-9-18)16(23)24-17(2,3)4;1-15(2,3)21-14(20)19-9-7-16(18,8-10-19)12-5-4-6-13(17)11-12;1-2;;/h5-7,12H,8-11,19H2,1-4H3,(H,20,22);4-6,11H,7-10,18H2,1-3H3;1H3;1H4;1H2/i;;1D;;. The van der Waals surface area contributed by atoms with E-state index < -0.39 is 23.9 Å². The number of carbonyl (C=O) groups is 3. The maximum absolute atomic E-state index is 12.2. The lowest BCUT2D eigenvalue weighted by Crippen LogP contribution is -2.50. The Morgan fingerprint density at radius 3 is 1.53 bits per heavy atom. The van der Waals surface area contributed by atoms with E-state index >= 15 is 0 Å². The molecule has 0 bridgehead atoms. The summed E-state index contributed by atoms with van der Waals surface area (Å²) in [6.07, 6.45) is 2.23. The van der Waals surface area contributed by atoms with Crippen molar-refractivity contribution < 1.29 is 29.6 Å². The van der Waals surface area contributed by atoms with Crippen molar-refractivity contribution in [3.05, 3.63) is 64.1 Å². The molecule has 49 heavy (non-hydrogen) atoms. The molecule has 4 rings (SSSR count). The number of anilines is 1. The van der Waals surface area contributed by atoms with Crippen molar-refractivity contribution >= 4 is 53.2 Å². The zero-order valence-electron chi connectivity index (χ0n) is 30.3. The molecule has 2 fully saturated rings. The van der Waals surface area contributed by atoms with Crippen LogP contribution in [0.2, 0.25) is 0 Å². The van der Waals surface area contributed by atoms with Gasteiger partial charge in [-0.15, -0.1) is 0 Å². The van der Waals surface area contributed by atoms with Gasteiger partial charge in [0.05, 0.1) is 8.52 Å². The van der Waals surface area contributed by atoms with Crippen LogP contribution in [0.15, 0.2) is 53.0 Å². The molecule has 2 heterocycles. The number of piperidine rings is 2. The molecule has 2 aromatic rings. The highest BCUT2D eigenvalue weighted by molar-refractivity contribution is 9.10. The summed E-state index contributed by atoms with van der Waals surface area (Å²) in [4.78, 5) is 38.9. The molecule has 5 N–H and O–H groups in total. The molecule has 0 aromatic heterocycles. The number of amides is 3. The normalized spacial score (nSPS) is 16.8. The van der Waals surface area contributed by atoms with Gasteiger partial charge in [-0.1, -0.05) is 47.6 Å². The Morgan fingerprint density at radius 1 is 0.816 bits per heavy atom. The summed E-state index contributed by atoms with van der Waals surface area (Å²) in [7, 11) is -1.00. The molecule has 0 atom stereocenters. The Bertz CT molecular complexity index is 1380. The van der Waals surface area contributed by atoms with E-state index in [1.165, 1.54) is 6.92 Å². The number of halogens is 2. The highest BCUT2D eigenvalue weighted by atomic mass is 79.9. The zero-order chi connectivity index (χ0) is 36.3. The number of hydrogen-bond acceptors (Lipinski definition) is 7. The van der Waals surface area contributed by atoms with Gasteiger partial charge in [-0.25, -0.2) is 9.59 Å². The molecule has 278 valence electrons. The van der Waals surface area contributed by atoms with Gasteiger partial charge in [0.1, 0.15) is 11.2 Å². The molecule has 0 aliphatic carbocycles. The molecule has 10 nitrogen and oxygen atoms in total. The van der Waals surface area contributed by atoms with Crippen LogP contribution in [0.5, 0.6) is 0 Å². The Hall–Kier alpha value is -2.87. The van der Waals surface area contributed by atoms with Crippen molar-refractivity contribution in [2.45, 2.75) is 104 Å². The number of ether oxygens (including phenoxy) is 2. The molecule has 0 saturated carbocycles. The number of likely N-dealkylation sites (tertiary alicyclic amines) is 2. The van der Waals surface area contributed by atoms with Crippen LogP contribution in [0.1, 0.15) is 94.1 Å². The predicted molar refractivity (Wildman–Crippen MR) is 205 cm³/mol. The summed E-state index contributed by atoms with van der Waals surface area (Å²) in [5.41, 5.74) is 14.1. The van der Waals surface area contributed by atoms with Crippen LogP contribution < -0.4 is 16.8 Å². The number of hydrogen-bond donors (Lipinski definition) is 3. The van der Waals surface area contributed by atoms with Crippen molar-refractivity contribution in [1.29, 1.82) is 0 Å². The van der Waals surface area contributed by atoms with Crippen molar-refractivity contribution in [3.8, 4) is 0 Å². The second-order valence-corrected chi connectivity index (χ2v) is 14.9. The van der Waals surface area contributed by atoms with Gasteiger partial charge in [0.15, 0.2) is 0 Å².